The van der Waals surface area contributed by atoms with Crippen molar-refractivity contribution in [2.75, 3.05) is 19.6 Å². The van der Waals surface area contributed by atoms with E-state index < -0.39 is 0 Å². The predicted octanol–water partition coefficient (Wildman–Crippen LogP) is 2.38. The lowest BCUT2D eigenvalue weighted by Crippen LogP contribution is -2.43. The van der Waals surface area contributed by atoms with Gasteiger partial charge in [0.2, 0.25) is 0 Å². The Hall–Kier alpha value is -0.0800. The van der Waals surface area contributed by atoms with Crippen LogP contribution in [-0.2, 0) is 0 Å². The number of rotatable bonds is 3. The first kappa shape index (κ1) is 11.4. The van der Waals surface area contributed by atoms with Crippen molar-refractivity contribution in [2.45, 2.75) is 57.4 Å². The molecule has 88 valence electrons. The van der Waals surface area contributed by atoms with Crippen molar-refractivity contribution < 1.29 is 0 Å². The van der Waals surface area contributed by atoms with Crippen LogP contribution in [0.5, 0.6) is 0 Å². The molecule has 0 aromatic heterocycles. The minimum atomic E-state index is 0.201. The van der Waals surface area contributed by atoms with Gasteiger partial charge in [0.25, 0.3) is 0 Å². The summed E-state index contributed by atoms with van der Waals surface area (Å²) in [5.41, 5.74) is 6.71. The van der Waals surface area contributed by atoms with E-state index in [1.54, 1.807) is 0 Å². The van der Waals surface area contributed by atoms with Gasteiger partial charge in [0.05, 0.1) is 0 Å². The molecule has 0 aromatic rings. The smallest absolute Gasteiger partial charge is 0.0157 e. The van der Waals surface area contributed by atoms with Crippen molar-refractivity contribution in [3.63, 3.8) is 0 Å². The molecule has 2 nitrogen and oxygen atoms in total. The van der Waals surface area contributed by atoms with E-state index in [4.69, 9.17) is 5.73 Å². The van der Waals surface area contributed by atoms with Crippen LogP contribution < -0.4 is 5.73 Å². The highest BCUT2D eigenvalue weighted by Gasteiger charge is 2.32. The summed E-state index contributed by atoms with van der Waals surface area (Å²) in [5, 5.41) is 0. The second-order valence-electron chi connectivity index (χ2n) is 5.68. The largest absolute Gasteiger partial charge is 0.325 e. The molecule has 15 heavy (non-hydrogen) atoms. The van der Waals surface area contributed by atoms with Crippen molar-refractivity contribution >= 4 is 0 Å². The lowest BCUT2D eigenvalue weighted by molar-refractivity contribution is 0.233. The molecule has 1 atom stereocenters. The number of hydrogen-bond acceptors (Lipinski definition) is 2. The van der Waals surface area contributed by atoms with Gasteiger partial charge < -0.3 is 10.6 Å². The van der Waals surface area contributed by atoms with Crippen LogP contribution in [0.4, 0.5) is 0 Å². The summed E-state index contributed by atoms with van der Waals surface area (Å²) in [6, 6.07) is 0. The molecule has 1 heterocycles. The van der Waals surface area contributed by atoms with Gasteiger partial charge in [0, 0.05) is 12.1 Å². The van der Waals surface area contributed by atoms with Gasteiger partial charge in [-0.2, -0.15) is 0 Å². The number of nitrogens with two attached hydrogens (primary N) is 1. The third kappa shape index (κ3) is 2.94. The third-order valence-corrected chi connectivity index (χ3v) is 4.36. The fourth-order valence-corrected chi connectivity index (χ4v) is 3.40. The summed E-state index contributed by atoms with van der Waals surface area (Å²) in [6.07, 6.45) is 9.34. The van der Waals surface area contributed by atoms with E-state index in [9.17, 15) is 0 Å². The number of hydrogen-bond donors (Lipinski definition) is 1. The normalized spacial score (nSPS) is 32.0. The monoisotopic (exact) mass is 210 g/mol. The van der Waals surface area contributed by atoms with Crippen LogP contribution in [0.25, 0.3) is 0 Å². The SMILES string of the molecule is CCN1CCC(CC2(N)CCCCC2)C1. The van der Waals surface area contributed by atoms with Gasteiger partial charge in [-0.05, 0) is 44.7 Å². The molecule has 2 heteroatoms. The van der Waals surface area contributed by atoms with Crippen molar-refractivity contribution in [1.82, 2.24) is 4.90 Å². The molecule has 2 rings (SSSR count). The summed E-state index contributed by atoms with van der Waals surface area (Å²) in [6.45, 7) is 6.09. The molecule has 0 amide bonds. The molecule has 0 spiro atoms. The lowest BCUT2D eigenvalue weighted by atomic mass is 9.76. The minimum absolute atomic E-state index is 0.201. The maximum absolute atomic E-state index is 6.51. The Morgan fingerprint density at radius 2 is 2.00 bits per heavy atom. The Morgan fingerprint density at radius 1 is 1.27 bits per heavy atom. The highest BCUT2D eigenvalue weighted by atomic mass is 15.1. The quantitative estimate of drug-likeness (QED) is 0.775. The van der Waals surface area contributed by atoms with Crippen LogP contribution >= 0.6 is 0 Å². The molecule has 0 bridgehead atoms. The first-order valence-corrected chi connectivity index (χ1v) is 6.73. The van der Waals surface area contributed by atoms with Crippen LogP contribution in [-0.4, -0.2) is 30.1 Å². The van der Waals surface area contributed by atoms with Crippen LogP contribution in [0.2, 0.25) is 0 Å². The van der Waals surface area contributed by atoms with Crippen LogP contribution in [0, 0.1) is 5.92 Å². The zero-order valence-corrected chi connectivity index (χ0v) is 10.2. The van der Waals surface area contributed by atoms with E-state index in [2.05, 4.69) is 11.8 Å². The van der Waals surface area contributed by atoms with Gasteiger partial charge in [-0.1, -0.05) is 26.2 Å². The highest BCUT2D eigenvalue weighted by molar-refractivity contribution is 4.91. The van der Waals surface area contributed by atoms with E-state index in [0.717, 1.165) is 5.92 Å². The summed E-state index contributed by atoms with van der Waals surface area (Å²) in [7, 11) is 0. The zero-order chi connectivity index (χ0) is 10.7. The maximum Gasteiger partial charge on any atom is 0.0157 e. The van der Waals surface area contributed by atoms with Gasteiger partial charge in [0.1, 0.15) is 0 Å². The third-order valence-electron chi connectivity index (χ3n) is 4.36. The molecule has 1 aliphatic carbocycles. The molecule has 1 saturated heterocycles. The molecule has 1 saturated carbocycles. The van der Waals surface area contributed by atoms with Crippen LogP contribution in [0.15, 0.2) is 0 Å². The van der Waals surface area contributed by atoms with Crippen molar-refractivity contribution in [1.29, 1.82) is 0 Å². The zero-order valence-electron chi connectivity index (χ0n) is 10.2. The molecular weight excluding hydrogens is 184 g/mol. The van der Waals surface area contributed by atoms with Gasteiger partial charge >= 0.3 is 0 Å². The van der Waals surface area contributed by atoms with E-state index >= 15 is 0 Å². The Bertz CT molecular complexity index is 197. The average Bonchev–Trinajstić information content (AvgIpc) is 2.66. The second kappa shape index (κ2) is 4.84. The Morgan fingerprint density at radius 3 is 2.60 bits per heavy atom. The van der Waals surface area contributed by atoms with Gasteiger partial charge in [0.15, 0.2) is 0 Å². The summed E-state index contributed by atoms with van der Waals surface area (Å²) >= 11 is 0. The van der Waals surface area contributed by atoms with Crippen molar-refractivity contribution in [2.24, 2.45) is 11.7 Å². The van der Waals surface area contributed by atoms with Crippen LogP contribution in [0.1, 0.15) is 51.9 Å². The van der Waals surface area contributed by atoms with Crippen LogP contribution in [0.3, 0.4) is 0 Å². The number of nitrogens with zero attached hydrogens (tertiary/aromatic N) is 1. The summed E-state index contributed by atoms with van der Waals surface area (Å²) in [4.78, 5) is 2.57. The summed E-state index contributed by atoms with van der Waals surface area (Å²) in [5.74, 6) is 0.882. The second-order valence-corrected chi connectivity index (χ2v) is 5.68. The molecule has 2 fully saturated rings. The fourth-order valence-electron chi connectivity index (χ4n) is 3.40. The molecular formula is C13H26N2. The molecule has 0 radical (unpaired) electrons. The minimum Gasteiger partial charge on any atom is -0.325 e. The molecule has 2 aliphatic rings. The van der Waals surface area contributed by atoms with Gasteiger partial charge in [-0.25, -0.2) is 0 Å². The highest BCUT2D eigenvalue weighted by Crippen LogP contribution is 2.34. The molecule has 2 N–H and O–H groups in total. The first-order valence-electron chi connectivity index (χ1n) is 6.73. The van der Waals surface area contributed by atoms with E-state index in [-0.39, 0.29) is 5.54 Å². The van der Waals surface area contributed by atoms with Crippen molar-refractivity contribution in [3.8, 4) is 0 Å². The van der Waals surface area contributed by atoms with Crippen molar-refractivity contribution in [3.05, 3.63) is 0 Å². The Kier molecular flexibility index (Phi) is 3.68. The standard InChI is InChI=1S/C13H26N2/c1-2-15-9-6-12(11-15)10-13(14)7-4-3-5-8-13/h12H,2-11,14H2,1H3. The predicted molar refractivity (Wildman–Crippen MR) is 64.8 cm³/mol. The molecule has 0 aromatic carbocycles. The first-order chi connectivity index (χ1) is 7.22. The fraction of sp³-hybridized carbons (Fsp3) is 1.00. The van der Waals surface area contributed by atoms with Gasteiger partial charge in [-0.3, -0.25) is 0 Å². The number of likely N-dealkylation sites (tertiary alicyclic amines) is 1. The van der Waals surface area contributed by atoms with Gasteiger partial charge in [-0.15, -0.1) is 0 Å². The molecule has 1 unspecified atom stereocenters. The van der Waals surface area contributed by atoms with E-state index in [0.29, 0.717) is 0 Å². The van der Waals surface area contributed by atoms with E-state index in [1.807, 2.05) is 0 Å². The summed E-state index contributed by atoms with van der Waals surface area (Å²) < 4.78 is 0. The van der Waals surface area contributed by atoms with E-state index in [1.165, 1.54) is 64.6 Å². The maximum atomic E-state index is 6.51. The average molecular weight is 210 g/mol. The topological polar surface area (TPSA) is 29.3 Å². The Labute approximate surface area is 94.2 Å². The Balaban J connectivity index is 1.80. The lowest BCUT2D eigenvalue weighted by Gasteiger charge is -2.35. The molecule has 1 aliphatic heterocycles.